The maximum Gasteiger partial charge on any atom is 0.573 e. The minimum atomic E-state index is -4.93. The molecule has 4 rings (SSSR count). The van der Waals surface area contributed by atoms with E-state index in [9.17, 15) is 22.8 Å². The highest BCUT2D eigenvalue weighted by atomic mass is 19.4. The lowest BCUT2D eigenvalue weighted by Crippen LogP contribution is -2.43. The van der Waals surface area contributed by atoms with E-state index in [-0.39, 0.29) is 16.9 Å². The van der Waals surface area contributed by atoms with Gasteiger partial charge in [0.2, 0.25) is 0 Å². The fourth-order valence-electron chi connectivity index (χ4n) is 4.15. The monoisotopic (exact) mass is 510 g/mol. The number of hydrogen-bond donors (Lipinski definition) is 2. The maximum absolute atomic E-state index is 13.1. The minimum Gasteiger partial charge on any atom is -0.497 e. The zero-order valence-electron chi connectivity index (χ0n) is 20.4. The highest BCUT2D eigenvalue weighted by molar-refractivity contribution is 6.09. The number of ether oxygens (including phenoxy) is 2. The first-order chi connectivity index (χ1) is 17.4. The highest BCUT2D eigenvalue weighted by Crippen LogP contribution is 2.32. The number of para-hydroxylation sites is 1. The number of fused-ring (bicyclic) bond motifs is 1. The Morgan fingerprint density at radius 2 is 1.73 bits per heavy atom. The summed E-state index contributed by atoms with van der Waals surface area (Å²) in [6.07, 6.45) is -2.62. The van der Waals surface area contributed by atoms with Crippen LogP contribution in [0.5, 0.6) is 11.5 Å². The van der Waals surface area contributed by atoms with Gasteiger partial charge < -0.3 is 20.1 Å². The van der Waals surface area contributed by atoms with Crippen molar-refractivity contribution in [1.82, 2.24) is 5.32 Å². The van der Waals surface area contributed by atoms with Gasteiger partial charge in [0.1, 0.15) is 11.5 Å². The lowest BCUT2D eigenvalue weighted by atomic mass is 9.85. The Balaban J connectivity index is 1.53. The molecule has 3 aromatic rings. The zero-order valence-corrected chi connectivity index (χ0v) is 20.4. The fraction of sp³-hybridized carbons (Fsp3) is 0.214. The molecule has 1 aliphatic rings. The molecule has 0 aliphatic carbocycles. The van der Waals surface area contributed by atoms with Gasteiger partial charge in [-0.2, -0.15) is 0 Å². The first kappa shape index (κ1) is 25.8. The summed E-state index contributed by atoms with van der Waals surface area (Å²) in [5, 5.41) is 5.94. The third kappa shape index (κ3) is 6.30. The number of nitrogens with one attached hydrogen (secondary N) is 2. The smallest absolute Gasteiger partial charge is 0.497 e. The van der Waals surface area contributed by atoms with Crippen molar-refractivity contribution in [3.8, 4) is 11.5 Å². The van der Waals surface area contributed by atoms with Crippen molar-refractivity contribution < 1.29 is 32.2 Å². The van der Waals surface area contributed by atoms with Crippen LogP contribution in [0.1, 0.15) is 45.7 Å². The summed E-state index contributed by atoms with van der Waals surface area (Å²) in [6.45, 7) is 4.10. The number of carbonyl (C=O) groups excluding carboxylic acids is 2. The predicted octanol–water partition coefficient (Wildman–Crippen LogP) is 5.99. The number of hydrogen-bond acceptors (Lipinski definition) is 5. The second kappa shape index (κ2) is 10.0. The molecular formula is C28H25F3N2O4. The molecule has 0 saturated carbocycles. The van der Waals surface area contributed by atoms with E-state index in [0.29, 0.717) is 22.7 Å². The number of allylic oxidation sites excluding steroid dienone is 1. The normalized spacial score (nSPS) is 15.4. The second-order valence-electron chi connectivity index (χ2n) is 9.21. The Morgan fingerprint density at radius 1 is 1.03 bits per heavy atom. The maximum atomic E-state index is 13.1. The van der Waals surface area contributed by atoms with Gasteiger partial charge in [-0.1, -0.05) is 18.2 Å². The SMILES string of the molecule is COc1ccc2c(c1)/C(=C/C(=O)c1ccc(NC(=O)c3ccccc3OC(F)(F)F)cc1)NC(C)(C)C2. The molecule has 0 radical (unpaired) electrons. The van der Waals surface area contributed by atoms with E-state index in [1.165, 1.54) is 48.5 Å². The standard InChI is InChI=1S/C28H25F3N2O4/c1-27(2)16-18-10-13-20(36-3)14-22(18)23(33-27)15-24(34)17-8-11-19(12-9-17)32-26(35)21-6-4-5-7-25(21)37-28(29,30)31/h4-15,33H,16H2,1-3H3,(H,32,35)/b23-15-. The van der Waals surface area contributed by atoms with Crippen molar-refractivity contribution in [2.75, 3.05) is 12.4 Å². The lowest BCUT2D eigenvalue weighted by Gasteiger charge is -2.35. The van der Waals surface area contributed by atoms with Crippen LogP contribution in [0.2, 0.25) is 0 Å². The molecule has 0 saturated heterocycles. The lowest BCUT2D eigenvalue weighted by molar-refractivity contribution is -0.274. The van der Waals surface area contributed by atoms with Crippen molar-refractivity contribution >= 4 is 23.1 Å². The second-order valence-corrected chi connectivity index (χ2v) is 9.21. The number of carbonyl (C=O) groups is 2. The number of halogens is 3. The van der Waals surface area contributed by atoms with E-state index in [1.807, 2.05) is 32.0 Å². The summed E-state index contributed by atoms with van der Waals surface area (Å²) >= 11 is 0. The van der Waals surface area contributed by atoms with Crippen molar-refractivity contribution in [1.29, 1.82) is 0 Å². The number of rotatable bonds is 6. The molecule has 3 aromatic carbocycles. The van der Waals surface area contributed by atoms with E-state index in [2.05, 4.69) is 15.4 Å². The summed E-state index contributed by atoms with van der Waals surface area (Å²) in [5.74, 6) is -0.956. The predicted molar refractivity (Wildman–Crippen MR) is 134 cm³/mol. The average molecular weight is 511 g/mol. The Labute approximate surface area is 212 Å². The van der Waals surface area contributed by atoms with Gasteiger partial charge in [-0.25, -0.2) is 0 Å². The summed E-state index contributed by atoms with van der Waals surface area (Å²) < 4.78 is 47.3. The Kier molecular flexibility index (Phi) is 6.98. The van der Waals surface area contributed by atoms with Crippen LogP contribution in [-0.2, 0) is 6.42 Å². The van der Waals surface area contributed by atoms with Crippen LogP contribution >= 0.6 is 0 Å². The van der Waals surface area contributed by atoms with Crippen LogP contribution in [0, 0.1) is 0 Å². The third-order valence-electron chi connectivity index (χ3n) is 5.77. The number of ketones is 1. The first-order valence-electron chi connectivity index (χ1n) is 11.4. The first-order valence-corrected chi connectivity index (χ1v) is 11.4. The quantitative estimate of drug-likeness (QED) is 0.315. The van der Waals surface area contributed by atoms with Crippen molar-refractivity contribution in [3.05, 3.63) is 95.1 Å². The van der Waals surface area contributed by atoms with E-state index in [0.717, 1.165) is 23.6 Å². The van der Waals surface area contributed by atoms with Crippen LogP contribution in [0.4, 0.5) is 18.9 Å². The van der Waals surface area contributed by atoms with Crippen LogP contribution in [0.15, 0.2) is 72.8 Å². The number of benzene rings is 3. The molecular weight excluding hydrogens is 485 g/mol. The zero-order chi connectivity index (χ0) is 26.8. The van der Waals surface area contributed by atoms with Gasteiger partial charge in [0.15, 0.2) is 5.78 Å². The number of anilines is 1. The van der Waals surface area contributed by atoms with Gasteiger partial charge in [0, 0.05) is 34.1 Å². The topological polar surface area (TPSA) is 76.7 Å². The largest absolute Gasteiger partial charge is 0.573 e. The van der Waals surface area contributed by atoms with Gasteiger partial charge in [0.25, 0.3) is 5.91 Å². The fourth-order valence-corrected chi connectivity index (χ4v) is 4.15. The molecule has 0 fully saturated rings. The molecule has 0 bridgehead atoms. The average Bonchev–Trinajstić information content (AvgIpc) is 2.83. The van der Waals surface area contributed by atoms with Gasteiger partial charge in [-0.05, 0) is 74.4 Å². The van der Waals surface area contributed by atoms with Gasteiger partial charge in [-0.15, -0.1) is 13.2 Å². The van der Waals surface area contributed by atoms with Crippen LogP contribution < -0.4 is 20.1 Å². The van der Waals surface area contributed by atoms with Crippen LogP contribution in [0.3, 0.4) is 0 Å². The molecule has 2 N–H and O–H groups in total. The highest BCUT2D eigenvalue weighted by Gasteiger charge is 2.33. The Morgan fingerprint density at radius 3 is 2.41 bits per heavy atom. The Hall–Kier alpha value is -4.27. The van der Waals surface area contributed by atoms with E-state index in [1.54, 1.807) is 7.11 Å². The number of alkyl halides is 3. The Bertz CT molecular complexity index is 1360. The molecule has 0 atom stereocenters. The summed E-state index contributed by atoms with van der Waals surface area (Å²) in [6, 6.07) is 16.9. The molecule has 37 heavy (non-hydrogen) atoms. The molecule has 0 unspecified atom stereocenters. The summed E-state index contributed by atoms with van der Waals surface area (Å²) in [5.41, 5.74) is 2.81. The molecule has 6 nitrogen and oxygen atoms in total. The molecule has 1 aliphatic heterocycles. The van der Waals surface area contributed by atoms with Gasteiger partial charge >= 0.3 is 6.36 Å². The number of amides is 1. The van der Waals surface area contributed by atoms with Crippen molar-refractivity contribution in [3.63, 3.8) is 0 Å². The molecule has 0 spiro atoms. The molecule has 1 amide bonds. The molecule has 9 heteroatoms. The summed E-state index contributed by atoms with van der Waals surface area (Å²) in [7, 11) is 1.58. The summed E-state index contributed by atoms with van der Waals surface area (Å²) in [4.78, 5) is 25.6. The van der Waals surface area contributed by atoms with E-state index >= 15 is 0 Å². The molecule has 0 aromatic heterocycles. The van der Waals surface area contributed by atoms with Crippen molar-refractivity contribution in [2.24, 2.45) is 0 Å². The van der Waals surface area contributed by atoms with Gasteiger partial charge in [-0.3, -0.25) is 9.59 Å². The van der Waals surface area contributed by atoms with Crippen LogP contribution in [-0.4, -0.2) is 30.7 Å². The molecule has 192 valence electrons. The van der Waals surface area contributed by atoms with E-state index in [4.69, 9.17) is 4.74 Å². The third-order valence-corrected chi connectivity index (χ3v) is 5.77. The minimum absolute atomic E-state index is 0.254. The van der Waals surface area contributed by atoms with Crippen molar-refractivity contribution in [2.45, 2.75) is 32.2 Å². The number of methoxy groups -OCH3 is 1. The van der Waals surface area contributed by atoms with Gasteiger partial charge in [0.05, 0.1) is 12.7 Å². The van der Waals surface area contributed by atoms with Crippen LogP contribution in [0.25, 0.3) is 5.70 Å². The molecule has 1 heterocycles. The van der Waals surface area contributed by atoms with E-state index < -0.39 is 18.0 Å².